The van der Waals surface area contributed by atoms with Gasteiger partial charge in [-0.3, -0.25) is 9.59 Å². The lowest BCUT2D eigenvalue weighted by Gasteiger charge is -2.43. The van der Waals surface area contributed by atoms with Gasteiger partial charge in [-0.25, -0.2) is 4.79 Å². The Morgan fingerprint density at radius 2 is 1.25 bits per heavy atom. The molecule has 2 N–H and O–H groups in total. The summed E-state index contributed by atoms with van der Waals surface area (Å²) in [6.07, 6.45) is -2.85. The first kappa shape index (κ1) is 34.6. The fraction of sp³-hybridized carbons (Fsp3) is 0.378. The molecule has 1 saturated heterocycles. The van der Waals surface area contributed by atoms with Gasteiger partial charge in [-0.2, -0.15) is 0 Å². The molecule has 7 atom stereocenters. The van der Waals surface area contributed by atoms with Crippen LogP contribution in [0.2, 0.25) is 0 Å². The number of aliphatic hydroxyl groups excluding tert-OH is 2. The number of methoxy groups -OCH3 is 2. The van der Waals surface area contributed by atoms with E-state index < -0.39 is 67.1 Å². The van der Waals surface area contributed by atoms with Gasteiger partial charge in [0.2, 0.25) is 0 Å². The normalized spacial score (nSPS) is 26.8. The van der Waals surface area contributed by atoms with Crippen LogP contribution in [0.25, 0.3) is 0 Å². The molecule has 0 saturated carbocycles. The molecule has 11 nitrogen and oxygen atoms in total. The Morgan fingerprint density at radius 3 is 1.73 bits per heavy atom. The predicted molar refractivity (Wildman–Crippen MR) is 172 cm³/mol. The number of esters is 3. The van der Waals surface area contributed by atoms with E-state index in [2.05, 4.69) is 0 Å². The van der Waals surface area contributed by atoms with Crippen LogP contribution in [0.15, 0.2) is 91.0 Å². The summed E-state index contributed by atoms with van der Waals surface area (Å²) in [5.74, 6) is -3.32. The van der Waals surface area contributed by atoms with Crippen LogP contribution in [0, 0.1) is 11.8 Å². The number of rotatable bonds is 9. The third-order valence-corrected chi connectivity index (χ3v) is 8.49. The summed E-state index contributed by atoms with van der Waals surface area (Å²) in [6.45, 7) is -0.723. The smallest absolute Gasteiger partial charge is 0.346 e. The molecule has 11 heteroatoms. The van der Waals surface area contributed by atoms with Crippen molar-refractivity contribution in [2.45, 2.75) is 56.4 Å². The van der Waals surface area contributed by atoms with E-state index in [0.717, 1.165) is 11.1 Å². The average Bonchev–Trinajstić information content (AvgIpc) is 3.11. The third-order valence-electron chi connectivity index (χ3n) is 8.49. The highest BCUT2D eigenvalue weighted by Gasteiger charge is 2.53. The van der Waals surface area contributed by atoms with Crippen molar-refractivity contribution in [2.75, 3.05) is 20.8 Å². The summed E-state index contributed by atoms with van der Waals surface area (Å²) < 4.78 is 34.2. The number of hydrogen-bond donors (Lipinski definition) is 2. The molecule has 0 aliphatic carbocycles. The van der Waals surface area contributed by atoms with Crippen LogP contribution in [0.4, 0.5) is 0 Å². The Labute approximate surface area is 279 Å². The molecule has 0 spiro atoms. The Hall–Kier alpha value is -4.71. The lowest BCUT2D eigenvalue weighted by atomic mass is 9.92. The lowest BCUT2D eigenvalue weighted by molar-refractivity contribution is -0.294. The molecule has 3 aromatic rings. The molecule has 254 valence electrons. The van der Waals surface area contributed by atoms with Crippen molar-refractivity contribution < 1.29 is 53.0 Å². The van der Waals surface area contributed by atoms with Gasteiger partial charge in [-0.15, -0.1) is 0 Å². The molecule has 0 bridgehead atoms. The van der Waals surface area contributed by atoms with Crippen molar-refractivity contribution >= 4 is 17.9 Å². The van der Waals surface area contributed by atoms with Crippen molar-refractivity contribution in [3.63, 3.8) is 0 Å². The minimum Gasteiger partial charge on any atom is -0.496 e. The van der Waals surface area contributed by atoms with Crippen LogP contribution in [0.1, 0.15) is 34.3 Å². The predicted octanol–water partition coefficient (Wildman–Crippen LogP) is 3.83. The van der Waals surface area contributed by atoms with Crippen LogP contribution in [0.5, 0.6) is 11.5 Å². The molecule has 0 unspecified atom stereocenters. The minimum atomic E-state index is -1.82. The monoisotopic (exact) mass is 660 g/mol. The van der Waals surface area contributed by atoms with Crippen molar-refractivity contribution in [3.05, 3.63) is 108 Å². The molecule has 0 amide bonds. The molecule has 2 heterocycles. The zero-order valence-corrected chi connectivity index (χ0v) is 26.8. The molecule has 5 rings (SSSR count). The van der Waals surface area contributed by atoms with Crippen LogP contribution in [0.3, 0.4) is 0 Å². The number of carbonyl (C=O) groups is 3. The van der Waals surface area contributed by atoms with Crippen molar-refractivity contribution in [1.29, 1.82) is 0 Å². The summed E-state index contributed by atoms with van der Waals surface area (Å²) in [5.41, 5.74) is 1.74. The first-order valence-corrected chi connectivity index (χ1v) is 15.8. The van der Waals surface area contributed by atoms with Gasteiger partial charge in [0, 0.05) is 0 Å². The first-order chi connectivity index (χ1) is 23.3. The summed E-state index contributed by atoms with van der Waals surface area (Å²) in [5, 5.41) is 21.4. The van der Waals surface area contributed by atoms with E-state index in [4.69, 9.17) is 28.4 Å². The van der Waals surface area contributed by atoms with Gasteiger partial charge in [0.05, 0.1) is 32.7 Å². The quantitative estimate of drug-likeness (QED) is 0.196. The van der Waals surface area contributed by atoms with Crippen LogP contribution in [-0.4, -0.2) is 79.7 Å². The highest BCUT2D eigenvalue weighted by Crippen LogP contribution is 2.34. The lowest BCUT2D eigenvalue weighted by Crippen LogP contribution is -2.62. The number of hydrogen-bond acceptors (Lipinski definition) is 11. The highest BCUT2D eigenvalue weighted by atomic mass is 16.7. The average molecular weight is 661 g/mol. The van der Waals surface area contributed by atoms with Crippen molar-refractivity contribution in [2.24, 2.45) is 11.8 Å². The zero-order chi connectivity index (χ0) is 34.0. The Morgan fingerprint density at radius 1 is 0.750 bits per heavy atom. The second-order valence-electron chi connectivity index (χ2n) is 11.7. The maximum Gasteiger partial charge on any atom is 0.346 e. The molecular formula is C37H40O11. The van der Waals surface area contributed by atoms with Crippen LogP contribution >= 0.6 is 0 Å². The molecule has 48 heavy (non-hydrogen) atoms. The van der Waals surface area contributed by atoms with Gasteiger partial charge in [0.15, 0.2) is 24.6 Å². The standard InChI is InChI=1S/C37H40O11/c1-43-27-18-11-19-28(44-2)30(27)36(41)46-31-29(22-38)45-37(42)33-32(31)47-34(39)25(20-23-12-5-3-6-13-23)16-9-10-17-26(35(40)48-33)21-24-14-7-4-8-15-24/h3-15,18-19,25-26,29,31-33,37-38,42H,16-17,20-22H2,1-2H3/b10-9+/t25-,26-,29-,31-,32+,33-,37+/m1/s1. The van der Waals surface area contributed by atoms with E-state index in [1.54, 1.807) is 18.2 Å². The van der Waals surface area contributed by atoms with Crippen LogP contribution < -0.4 is 9.47 Å². The number of carbonyl (C=O) groups excluding carboxylic acids is 3. The fourth-order valence-electron chi connectivity index (χ4n) is 5.98. The summed E-state index contributed by atoms with van der Waals surface area (Å²) in [4.78, 5) is 41.4. The Bertz CT molecular complexity index is 1540. The largest absolute Gasteiger partial charge is 0.496 e. The van der Waals surface area contributed by atoms with E-state index >= 15 is 0 Å². The summed E-state index contributed by atoms with van der Waals surface area (Å²) >= 11 is 0. The maximum atomic E-state index is 13.9. The summed E-state index contributed by atoms with van der Waals surface area (Å²) in [6, 6.07) is 23.6. The van der Waals surface area contributed by atoms with E-state index in [1.807, 2.05) is 72.8 Å². The number of fused-ring (bicyclic) bond motifs is 1. The first-order valence-electron chi connectivity index (χ1n) is 15.8. The Kier molecular flexibility index (Phi) is 11.8. The van der Waals surface area contributed by atoms with Crippen molar-refractivity contribution in [1.82, 2.24) is 0 Å². The van der Waals surface area contributed by atoms with Crippen LogP contribution in [-0.2, 0) is 41.4 Å². The van der Waals surface area contributed by atoms with E-state index in [9.17, 15) is 24.6 Å². The van der Waals surface area contributed by atoms with Gasteiger partial charge >= 0.3 is 17.9 Å². The summed E-state index contributed by atoms with van der Waals surface area (Å²) in [7, 11) is 2.75. The van der Waals surface area contributed by atoms with Gasteiger partial charge in [0.25, 0.3) is 0 Å². The number of ether oxygens (including phenoxy) is 6. The van der Waals surface area contributed by atoms with Gasteiger partial charge in [0.1, 0.15) is 23.2 Å². The molecule has 3 aromatic carbocycles. The van der Waals surface area contributed by atoms with E-state index in [1.165, 1.54) is 14.2 Å². The number of allylic oxidation sites excluding steroid dienone is 2. The maximum absolute atomic E-state index is 13.9. The second kappa shape index (κ2) is 16.4. The van der Waals surface area contributed by atoms with Gasteiger partial charge in [-0.05, 0) is 48.9 Å². The topological polar surface area (TPSA) is 147 Å². The van der Waals surface area contributed by atoms with Crippen molar-refractivity contribution in [3.8, 4) is 11.5 Å². The zero-order valence-electron chi connectivity index (χ0n) is 26.8. The number of aliphatic hydroxyl groups is 2. The van der Waals surface area contributed by atoms with E-state index in [0.29, 0.717) is 25.7 Å². The molecule has 0 aromatic heterocycles. The fourth-order valence-corrected chi connectivity index (χ4v) is 5.98. The molecule has 2 aliphatic heterocycles. The Balaban J connectivity index is 1.53. The second-order valence-corrected chi connectivity index (χ2v) is 11.7. The molecule has 2 aliphatic rings. The SMILES string of the molecule is COc1cccc(OC)c1C(=O)O[C@H]1[C@@H]2OC(=O)[C@@H](Cc3ccccc3)C/C=C/C[C@H](Cc3ccccc3)C(=O)O[C@H]2[C@@H](O)O[C@@H]1CO. The molecule has 1 fully saturated rings. The van der Waals surface area contributed by atoms with Gasteiger partial charge in [-0.1, -0.05) is 78.9 Å². The molecular weight excluding hydrogens is 620 g/mol. The van der Waals surface area contributed by atoms with E-state index in [-0.39, 0.29) is 17.1 Å². The molecule has 0 radical (unpaired) electrons. The van der Waals surface area contributed by atoms with Gasteiger partial charge < -0.3 is 38.6 Å². The minimum absolute atomic E-state index is 0.0617. The number of benzene rings is 3. The highest BCUT2D eigenvalue weighted by molar-refractivity contribution is 5.96. The third kappa shape index (κ3) is 8.22.